The van der Waals surface area contributed by atoms with E-state index in [2.05, 4.69) is 10.3 Å². The van der Waals surface area contributed by atoms with E-state index in [0.29, 0.717) is 11.4 Å². The Labute approximate surface area is 115 Å². The fraction of sp³-hybridized carbons (Fsp3) is 0.214. The predicted octanol–water partition coefficient (Wildman–Crippen LogP) is 2.42. The number of rotatable bonds is 6. The van der Waals surface area contributed by atoms with Crippen LogP contribution in [0.2, 0.25) is 0 Å². The molecule has 2 rings (SSSR count). The average Bonchev–Trinajstić information content (AvgIpc) is 2.98. The van der Waals surface area contributed by atoms with E-state index in [4.69, 9.17) is 0 Å². The van der Waals surface area contributed by atoms with Gasteiger partial charge in [-0.2, -0.15) is 0 Å². The number of Topliss-reactive ketones (excluding diaryl/α,β-unsaturated/α-hetero) is 1. The van der Waals surface area contributed by atoms with Gasteiger partial charge in [0.25, 0.3) is 0 Å². The molecule has 5 heteroatoms. The van der Waals surface area contributed by atoms with Crippen LogP contribution in [0.1, 0.15) is 28.1 Å². The number of carbonyl (C=O) groups excluding carboxylic acids is 2. The summed E-state index contributed by atoms with van der Waals surface area (Å²) >= 11 is 1.40. The van der Waals surface area contributed by atoms with Crippen molar-refractivity contribution in [3.63, 3.8) is 0 Å². The Morgan fingerprint density at radius 1 is 1.21 bits per heavy atom. The highest BCUT2D eigenvalue weighted by Crippen LogP contribution is 2.12. The topological polar surface area (TPSA) is 59.1 Å². The molecule has 2 aromatic heterocycles. The third-order valence-electron chi connectivity index (χ3n) is 2.59. The normalized spacial score (nSPS) is 10.1. The van der Waals surface area contributed by atoms with Crippen LogP contribution >= 0.6 is 11.3 Å². The molecule has 2 aromatic rings. The molecule has 0 aliphatic rings. The zero-order valence-corrected chi connectivity index (χ0v) is 11.2. The van der Waals surface area contributed by atoms with Gasteiger partial charge in [-0.3, -0.25) is 14.6 Å². The van der Waals surface area contributed by atoms with Crippen molar-refractivity contribution in [2.75, 3.05) is 0 Å². The molecule has 2 heterocycles. The van der Waals surface area contributed by atoms with Crippen LogP contribution in [0.25, 0.3) is 0 Å². The summed E-state index contributed by atoms with van der Waals surface area (Å²) in [6, 6.07) is 7.33. The van der Waals surface area contributed by atoms with Crippen molar-refractivity contribution >= 4 is 23.0 Å². The lowest BCUT2D eigenvalue weighted by Crippen LogP contribution is -2.23. The van der Waals surface area contributed by atoms with Crippen molar-refractivity contribution in [2.45, 2.75) is 19.4 Å². The Kier molecular flexibility index (Phi) is 4.80. The average molecular weight is 274 g/mol. The Morgan fingerprint density at radius 2 is 2.11 bits per heavy atom. The van der Waals surface area contributed by atoms with Crippen LogP contribution in [0.5, 0.6) is 0 Å². The summed E-state index contributed by atoms with van der Waals surface area (Å²) in [5.74, 6) is -0.0970. The fourth-order valence-electron chi connectivity index (χ4n) is 1.58. The minimum Gasteiger partial charge on any atom is -0.352 e. The van der Waals surface area contributed by atoms with Crippen LogP contribution < -0.4 is 5.32 Å². The monoisotopic (exact) mass is 274 g/mol. The highest BCUT2D eigenvalue weighted by molar-refractivity contribution is 7.12. The van der Waals surface area contributed by atoms with E-state index in [-0.39, 0.29) is 24.5 Å². The second-order valence-corrected chi connectivity index (χ2v) is 4.99. The van der Waals surface area contributed by atoms with Crippen LogP contribution in [0.4, 0.5) is 0 Å². The third kappa shape index (κ3) is 4.30. The molecule has 0 saturated heterocycles. The number of thiophene rings is 1. The van der Waals surface area contributed by atoms with Gasteiger partial charge in [0.1, 0.15) is 0 Å². The van der Waals surface area contributed by atoms with Gasteiger partial charge in [-0.05, 0) is 23.1 Å². The quantitative estimate of drug-likeness (QED) is 0.823. The van der Waals surface area contributed by atoms with E-state index in [0.717, 1.165) is 5.56 Å². The molecular weight excluding hydrogens is 260 g/mol. The minimum absolute atomic E-state index is 0.0199. The molecular formula is C14H14N2O2S. The van der Waals surface area contributed by atoms with E-state index >= 15 is 0 Å². The molecule has 0 saturated carbocycles. The number of hydrogen-bond acceptors (Lipinski definition) is 4. The van der Waals surface area contributed by atoms with Gasteiger partial charge in [0.05, 0.1) is 4.88 Å². The first-order valence-electron chi connectivity index (χ1n) is 5.98. The first kappa shape index (κ1) is 13.4. The lowest BCUT2D eigenvalue weighted by Gasteiger charge is -2.04. The van der Waals surface area contributed by atoms with Crippen molar-refractivity contribution in [2.24, 2.45) is 0 Å². The van der Waals surface area contributed by atoms with Crippen LogP contribution in [0.15, 0.2) is 42.0 Å². The standard InChI is InChI=1S/C14H14N2O2S/c17-12(13-4-2-8-19-13)5-6-14(18)16-10-11-3-1-7-15-9-11/h1-4,7-9H,5-6,10H2,(H,16,18). The largest absolute Gasteiger partial charge is 0.352 e. The summed E-state index contributed by atoms with van der Waals surface area (Å²) in [4.78, 5) is 28.0. The molecule has 0 aliphatic carbocycles. The maximum atomic E-state index is 11.7. The van der Waals surface area contributed by atoms with Crippen LogP contribution in [0, 0.1) is 0 Å². The summed E-state index contributed by atoms with van der Waals surface area (Å²) in [5.41, 5.74) is 0.945. The summed E-state index contributed by atoms with van der Waals surface area (Å²) in [5, 5.41) is 4.63. The maximum absolute atomic E-state index is 11.7. The molecule has 98 valence electrons. The van der Waals surface area contributed by atoms with Crippen LogP contribution in [-0.2, 0) is 11.3 Å². The van der Waals surface area contributed by atoms with E-state index in [1.807, 2.05) is 23.6 Å². The van der Waals surface area contributed by atoms with Gasteiger partial charge in [-0.1, -0.05) is 12.1 Å². The molecule has 0 atom stereocenters. The third-order valence-corrected chi connectivity index (χ3v) is 3.50. The van der Waals surface area contributed by atoms with E-state index in [1.54, 1.807) is 18.5 Å². The molecule has 0 aromatic carbocycles. The summed E-state index contributed by atoms with van der Waals surface area (Å²) < 4.78 is 0. The molecule has 1 amide bonds. The second-order valence-electron chi connectivity index (χ2n) is 4.04. The fourth-order valence-corrected chi connectivity index (χ4v) is 2.27. The number of nitrogens with one attached hydrogen (secondary N) is 1. The van der Waals surface area contributed by atoms with Crippen molar-refractivity contribution in [1.29, 1.82) is 0 Å². The number of carbonyl (C=O) groups is 2. The number of pyridine rings is 1. The van der Waals surface area contributed by atoms with Gasteiger partial charge >= 0.3 is 0 Å². The van der Waals surface area contributed by atoms with E-state index in [1.165, 1.54) is 11.3 Å². The molecule has 0 bridgehead atoms. The first-order valence-corrected chi connectivity index (χ1v) is 6.86. The highest BCUT2D eigenvalue weighted by atomic mass is 32.1. The Morgan fingerprint density at radius 3 is 2.79 bits per heavy atom. The molecule has 0 spiro atoms. The summed E-state index contributed by atoms with van der Waals surface area (Å²) in [7, 11) is 0. The Balaban J connectivity index is 1.72. The number of aromatic nitrogens is 1. The smallest absolute Gasteiger partial charge is 0.220 e. The van der Waals surface area contributed by atoms with Crippen molar-refractivity contribution in [3.8, 4) is 0 Å². The Bertz CT molecular complexity index is 538. The number of hydrogen-bond donors (Lipinski definition) is 1. The maximum Gasteiger partial charge on any atom is 0.220 e. The first-order chi connectivity index (χ1) is 9.25. The zero-order valence-electron chi connectivity index (χ0n) is 10.3. The van der Waals surface area contributed by atoms with Gasteiger partial charge in [-0.15, -0.1) is 11.3 Å². The molecule has 0 radical (unpaired) electrons. The Hall–Kier alpha value is -2.01. The minimum atomic E-state index is -0.117. The van der Waals surface area contributed by atoms with E-state index < -0.39 is 0 Å². The van der Waals surface area contributed by atoms with Gasteiger partial charge in [-0.25, -0.2) is 0 Å². The second kappa shape index (κ2) is 6.80. The van der Waals surface area contributed by atoms with Gasteiger partial charge in [0, 0.05) is 31.8 Å². The molecule has 0 aliphatic heterocycles. The van der Waals surface area contributed by atoms with Crippen LogP contribution in [-0.4, -0.2) is 16.7 Å². The predicted molar refractivity (Wildman–Crippen MR) is 74.0 cm³/mol. The molecule has 0 unspecified atom stereocenters. The highest BCUT2D eigenvalue weighted by Gasteiger charge is 2.09. The van der Waals surface area contributed by atoms with Gasteiger partial charge in [0.2, 0.25) is 5.91 Å². The lowest BCUT2D eigenvalue weighted by molar-refractivity contribution is -0.121. The van der Waals surface area contributed by atoms with E-state index in [9.17, 15) is 9.59 Å². The number of ketones is 1. The van der Waals surface area contributed by atoms with Gasteiger partial charge in [0.15, 0.2) is 5.78 Å². The molecule has 1 N–H and O–H groups in total. The number of amides is 1. The summed E-state index contributed by atoms with van der Waals surface area (Å²) in [6.07, 6.45) is 3.86. The van der Waals surface area contributed by atoms with Crippen LogP contribution in [0.3, 0.4) is 0 Å². The van der Waals surface area contributed by atoms with Crippen molar-refractivity contribution in [3.05, 3.63) is 52.5 Å². The summed E-state index contributed by atoms with van der Waals surface area (Å²) in [6.45, 7) is 0.444. The SMILES string of the molecule is O=C(CCC(=O)c1cccs1)NCc1cccnc1. The molecule has 0 fully saturated rings. The zero-order chi connectivity index (χ0) is 13.5. The van der Waals surface area contributed by atoms with Crippen molar-refractivity contribution < 1.29 is 9.59 Å². The molecule has 4 nitrogen and oxygen atoms in total. The molecule has 19 heavy (non-hydrogen) atoms. The number of nitrogens with zero attached hydrogens (tertiary/aromatic N) is 1. The lowest BCUT2D eigenvalue weighted by atomic mass is 10.2. The van der Waals surface area contributed by atoms with Crippen molar-refractivity contribution in [1.82, 2.24) is 10.3 Å². The van der Waals surface area contributed by atoms with Gasteiger partial charge < -0.3 is 5.32 Å².